The zero-order valence-corrected chi connectivity index (χ0v) is 9.59. The number of hydrogen-bond donors (Lipinski definition) is 1. The Bertz CT molecular complexity index is 365. The number of nitrogens with zero attached hydrogens (tertiary/aromatic N) is 2. The van der Waals surface area contributed by atoms with Gasteiger partial charge in [0, 0.05) is 12.6 Å². The summed E-state index contributed by atoms with van der Waals surface area (Å²) in [7, 11) is 0. The molecular formula is C12H18N2O2. The van der Waals surface area contributed by atoms with E-state index in [0.717, 1.165) is 25.7 Å². The third-order valence-electron chi connectivity index (χ3n) is 3.38. The first-order valence-corrected chi connectivity index (χ1v) is 5.87. The van der Waals surface area contributed by atoms with Crippen LogP contribution in [-0.2, 0) is 4.79 Å². The van der Waals surface area contributed by atoms with Gasteiger partial charge >= 0.3 is 5.97 Å². The minimum Gasteiger partial charge on any atom is -0.481 e. The summed E-state index contributed by atoms with van der Waals surface area (Å²) in [5, 5.41) is 13.1. The lowest BCUT2D eigenvalue weighted by atomic mass is 9.84. The Morgan fingerprint density at radius 3 is 2.69 bits per heavy atom. The van der Waals surface area contributed by atoms with Crippen LogP contribution in [0, 0.1) is 12.8 Å². The molecule has 0 aromatic carbocycles. The molecule has 1 aliphatic carbocycles. The number of aliphatic carboxylic acids is 1. The number of rotatable bonds is 3. The number of aromatic nitrogens is 2. The molecule has 4 heteroatoms. The minimum atomic E-state index is -0.668. The molecule has 1 aromatic heterocycles. The first kappa shape index (κ1) is 11.2. The molecule has 0 atom stereocenters. The van der Waals surface area contributed by atoms with Crippen molar-refractivity contribution < 1.29 is 9.90 Å². The number of aryl methyl sites for hydroxylation is 1. The van der Waals surface area contributed by atoms with Crippen molar-refractivity contribution in [1.29, 1.82) is 0 Å². The highest BCUT2D eigenvalue weighted by atomic mass is 16.4. The molecular weight excluding hydrogens is 204 g/mol. The van der Waals surface area contributed by atoms with E-state index in [0.29, 0.717) is 18.4 Å². The lowest BCUT2D eigenvalue weighted by Gasteiger charge is -2.27. The third-order valence-corrected chi connectivity index (χ3v) is 3.38. The summed E-state index contributed by atoms with van der Waals surface area (Å²) in [4.78, 5) is 10.6. The number of carbonyl (C=O) groups is 1. The normalized spacial score (nSPS) is 25.6. The van der Waals surface area contributed by atoms with E-state index in [2.05, 4.69) is 11.3 Å². The van der Waals surface area contributed by atoms with E-state index < -0.39 is 5.97 Å². The molecule has 0 aliphatic heterocycles. The first-order valence-electron chi connectivity index (χ1n) is 5.87. The van der Waals surface area contributed by atoms with Gasteiger partial charge in [0.25, 0.3) is 0 Å². The molecule has 0 spiro atoms. The van der Waals surface area contributed by atoms with Crippen molar-refractivity contribution in [3.63, 3.8) is 0 Å². The molecule has 0 unspecified atom stereocenters. The van der Waals surface area contributed by atoms with Crippen LogP contribution < -0.4 is 0 Å². The maximum atomic E-state index is 10.6. The Morgan fingerprint density at radius 1 is 1.50 bits per heavy atom. The van der Waals surface area contributed by atoms with Gasteiger partial charge in [-0.2, -0.15) is 5.10 Å². The van der Waals surface area contributed by atoms with Gasteiger partial charge in [-0.1, -0.05) is 0 Å². The third kappa shape index (κ3) is 2.62. The molecule has 4 nitrogen and oxygen atoms in total. The lowest BCUT2D eigenvalue weighted by molar-refractivity contribution is -0.138. The van der Waals surface area contributed by atoms with Crippen molar-refractivity contribution in [2.75, 3.05) is 0 Å². The Morgan fingerprint density at radius 2 is 2.19 bits per heavy atom. The van der Waals surface area contributed by atoms with Crippen LogP contribution >= 0.6 is 0 Å². The Hall–Kier alpha value is -1.32. The molecule has 1 aliphatic rings. The average molecular weight is 222 g/mol. The van der Waals surface area contributed by atoms with E-state index in [1.54, 1.807) is 0 Å². The second-order valence-electron chi connectivity index (χ2n) is 4.77. The Kier molecular flexibility index (Phi) is 3.27. The summed E-state index contributed by atoms with van der Waals surface area (Å²) in [6.45, 7) is 2.04. The van der Waals surface area contributed by atoms with Crippen LogP contribution in [0.4, 0.5) is 0 Å². The molecule has 0 bridgehead atoms. The summed E-state index contributed by atoms with van der Waals surface area (Å²) < 4.78 is 2.03. The van der Waals surface area contributed by atoms with Gasteiger partial charge in [0.1, 0.15) is 0 Å². The van der Waals surface area contributed by atoms with Crippen molar-refractivity contribution in [2.24, 2.45) is 5.92 Å². The van der Waals surface area contributed by atoms with Crippen molar-refractivity contribution >= 4 is 5.97 Å². The number of hydrogen-bond acceptors (Lipinski definition) is 2. The van der Waals surface area contributed by atoms with Crippen LogP contribution in [0.5, 0.6) is 0 Å². The summed E-state index contributed by atoms with van der Waals surface area (Å²) in [6, 6.07) is 0.471. The quantitative estimate of drug-likeness (QED) is 0.854. The van der Waals surface area contributed by atoms with E-state index in [1.807, 2.05) is 17.8 Å². The predicted octanol–water partition coefficient (Wildman–Crippen LogP) is 2.40. The topological polar surface area (TPSA) is 55.1 Å². The zero-order valence-electron chi connectivity index (χ0n) is 9.59. The van der Waals surface area contributed by atoms with E-state index in [4.69, 9.17) is 5.11 Å². The fourth-order valence-corrected chi connectivity index (χ4v) is 2.49. The zero-order chi connectivity index (χ0) is 11.5. The van der Waals surface area contributed by atoms with Gasteiger partial charge in [-0.05, 0) is 44.1 Å². The van der Waals surface area contributed by atoms with Gasteiger partial charge in [-0.15, -0.1) is 0 Å². The SMILES string of the molecule is Cc1cnn(C2CCC(CC(=O)O)CC2)c1. The van der Waals surface area contributed by atoms with Gasteiger partial charge in [-0.3, -0.25) is 9.48 Å². The molecule has 0 amide bonds. The molecule has 1 fully saturated rings. The van der Waals surface area contributed by atoms with Crippen LogP contribution in [0.25, 0.3) is 0 Å². The van der Waals surface area contributed by atoms with Crippen molar-refractivity contribution in [3.05, 3.63) is 18.0 Å². The van der Waals surface area contributed by atoms with Crippen LogP contribution in [0.3, 0.4) is 0 Å². The van der Waals surface area contributed by atoms with E-state index >= 15 is 0 Å². The molecule has 1 heterocycles. The van der Waals surface area contributed by atoms with Crippen molar-refractivity contribution in [2.45, 2.75) is 45.1 Å². The molecule has 0 saturated heterocycles. The molecule has 1 aromatic rings. The van der Waals surface area contributed by atoms with Gasteiger partial charge in [0.2, 0.25) is 0 Å². The molecule has 0 radical (unpaired) electrons. The summed E-state index contributed by atoms with van der Waals surface area (Å²) >= 11 is 0. The smallest absolute Gasteiger partial charge is 0.303 e. The Labute approximate surface area is 95.3 Å². The fraction of sp³-hybridized carbons (Fsp3) is 0.667. The van der Waals surface area contributed by atoms with Crippen LogP contribution in [0.1, 0.15) is 43.7 Å². The summed E-state index contributed by atoms with van der Waals surface area (Å²) in [5.41, 5.74) is 1.19. The van der Waals surface area contributed by atoms with Crippen molar-refractivity contribution in [3.8, 4) is 0 Å². The van der Waals surface area contributed by atoms with Crippen LogP contribution in [-0.4, -0.2) is 20.9 Å². The van der Waals surface area contributed by atoms with E-state index in [9.17, 15) is 4.79 Å². The number of carboxylic acid groups (broad SMARTS) is 1. The molecule has 16 heavy (non-hydrogen) atoms. The first-order chi connectivity index (χ1) is 7.65. The largest absolute Gasteiger partial charge is 0.481 e. The maximum Gasteiger partial charge on any atom is 0.303 e. The Balaban J connectivity index is 1.87. The van der Waals surface area contributed by atoms with E-state index in [1.165, 1.54) is 5.56 Å². The van der Waals surface area contributed by atoms with Gasteiger partial charge < -0.3 is 5.11 Å². The van der Waals surface area contributed by atoms with E-state index in [-0.39, 0.29) is 0 Å². The fourth-order valence-electron chi connectivity index (χ4n) is 2.49. The average Bonchev–Trinajstić information content (AvgIpc) is 2.65. The van der Waals surface area contributed by atoms with Crippen LogP contribution in [0.15, 0.2) is 12.4 Å². The predicted molar refractivity (Wildman–Crippen MR) is 60.2 cm³/mol. The molecule has 88 valence electrons. The highest BCUT2D eigenvalue weighted by molar-refractivity contribution is 5.67. The second-order valence-corrected chi connectivity index (χ2v) is 4.77. The number of carboxylic acids is 1. The second kappa shape index (κ2) is 4.68. The van der Waals surface area contributed by atoms with Gasteiger partial charge in [0.05, 0.1) is 12.2 Å². The molecule has 1 N–H and O–H groups in total. The molecule has 1 saturated carbocycles. The summed E-state index contributed by atoms with van der Waals surface area (Å²) in [6.07, 6.45) is 8.40. The maximum absolute atomic E-state index is 10.6. The van der Waals surface area contributed by atoms with Crippen molar-refractivity contribution in [1.82, 2.24) is 9.78 Å². The van der Waals surface area contributed by atoms with Gasteiger partial charge in [0.15, 0.2) is 0 Å². The highest BCUT2D eigenvalue weighted by Crippen LogP contribution is 2.33. The monoisotopic (exact) mass is 222 g/mol. The minimum absolute atomic E-state index is 0.324. The standard InChI is InChI=1S/C12H18N2O2/c1-9-7-13-14(8-9)11-4-2-10(3-5-11)6-12(15)16/h7-8,10-11H,2-6H2,1H3,(H,15,16). The van der Waals surface area contributed by atoms with Crippen LogP contribution in [0.2, 0.25) is 0 Å². The summed E-state index contributed by atoms with van der Waals surface area (Å²) in [5.74, 6) is -0.302. The van der Waals surface area contributed by atoms with Gasteiger partial charge in [-0.25, -0.2) is 0 Å². The molecule has 2 rings (SSSR count). The highest BCUT2D eigenvalue weighted by Gasteiger charge is 2.24. The lowest BCUT2D eigenvalue weighted by Crippen LogP contribution is -2.20.